The standard InChI is InChI=1S/C14H17N3O3S/c1-10-4-2-3-5-12(10)14-16-13(20-17-14)8-15-11-6-7-21(18,19)9-11/h2-5,11,15H,6-9H2,1H3. The molecule has 1 aliphatic heterocycles. The first-order valence-corrected chi connectivity index (χ1v) is 8.68. The molecule has 21 heavy (non-hydrogen) atoms. The maximum atomic E-state index is 11.4. The summed E-state index contributed by atoms with van der Waals surface area (Å²) < 4.78 is 28.0. The van der Waals surface area contributed by atoms with Crippen LogP contribution in [0.2, 0.25) is 0 Å². The van der Waals surface area contributed by atoms with Gasteiger partial charge in [-0.2, -0.15) is 4.98 Å². The highest BCUT2D eigenvalue weighted by Gasteiger charge is 2.27. The maximum Gasteiger partial charge on any atom is 0.240 e. The lowest BCUT2D eigenvalue weighted by molar-refractivity contribution is 0.360. The average Bonchev–Trinajstić information content (AvgIpc) is 3.03. The predicted octanol–water partition coefficient (Wildman–Crippen LogP) is 1.32. The number of nitrogens with one attached hydrogen (secondary N) is 1. The fourth-order valence-corrected chi connectivity index (χ4v) is 4.16. The van der Waals surface area contributed by atoms with Crippen LogP contribution in [0.1, 0.15) is 17.9 Å². The van der Waals surface area contributed by atoms with Gasteiger partial charge in [0, 0.05) is 11.6 Å². The minimum absolute atomic E-state index is 0.0242. The van der Waals surface area contributed by atoms with E-state index in [-0.39, 0.29) is 17.5 Å². The highest BCUT2D eigenvalue weighted by Crippen LogP contribution is 2.20. The van der Waals surface area contributed by atoms with Gasteiger partial charge in [0.05, 0.1) is 18.1 Å². The number of aromatic nitrogens is 2. The number of sulfone groups is 1. The second-order valence-corrected chi connectivity index (χ2v) is 7.54. The predicted molar refractivity (Wildman–Crippen MR) is 78.4 cm³/mol. The van der Waals surface area contributed by atoms with Crippen LogP contribution in [0.5, 0.6) is 0 Å². The molecule has 0 saturated carbocycles. The van der Waals surface area contributed by atoms with E-state index >= 15 is 0 Å². The number of nitrogens with zero attached hydrogens (tertiary/aromatic N) is 2. The highest BCUT2D eigenvalue weighted by molar-refractivity contribution is 7.91. The zero-order chi connectivity index (χ0) is 14.9. The molecule has 1 aromatic heterocycles. The van der Waals surface area contributed by atoms with E-state index in [1.807, 2.05) is 31.2 Å². The van der Waals surface area contributed by atoms with Crippen molar-refractivity contribution in [1.82, 2.24) is 15.5 Å². The highest BCUT2D eigenvalue weighted by atomic mass is 32.2. The quantitative estimate of drug-likeness (QED) is 0.917. The SMILES string of the molecule is Cc1ccccc1-c1noc(CNC2CCS(=O)(=O)C2)n1. The van der Waals surface area contributed by atoms with Crippen LogP contribution in [0.3, 0.4) is 0 Å². The Morgan fingerprint density at radius 1 is 1.38 bits per heavy atom. The molecule has 2 aromatic rings. The molecule has 0 spiro atoms. The van der Waals surface area contributed by atoms with E-state index in [0.717, 1.165) is 11.1 Å². The fourth-order valence-electron chi connectivity index (χ4n) is 2.45. The van der Waals surface area contributed by atoms with Gasteiger partial charge in [0.1, 0.15) is 0 Å². The Morgan fingerprint density at radius 2 is 2.19 bits per heavy atom. The first-order valence-electron chi connectivity index (χ1n) is 6.86. The maximum absolute atomic E-state index is 11.4. The lowest BCUT2D eigenvalue weighted by Gasteiger charge is -2.07. The van der Waals surface area contributed by atoms with Gasteiger partial charge in [0.25, 0.3) is 0 Å². The van der Waals surface area contributed by atoms with Crippen LogP contribution < -0.4 is 5.32 Å². The summed E-state index contributed by atoms with van der Waals surface area (Å²) in [6.45, 7) is 2.38. The zero-order valence-electron chi connectivity index (χ0n) is 11.7. The van der Waals surface area contributed by atoms with E-state index in [9.17, 15) is 8.42 Å². The molecule has 1 unspecified atom stereocenters. The molecule has 0 amide bonds. The van der Waals surface area contributed by atoms with Gasteiger partial charge in [-0.1, -0.05) is 29.4 Å². The zero-order valence-corrected chi connectivity index (χ0v) is 12.6. The second kappa shape index (κ2) is 5.57. The molecular weight excluding hydrogens is 290 g/mol. The molecule has 1 saturated heterocycles. The number of benzene rings is 1. The second-order valence-electron chi connectivity index (χ2n) is 5.31. The van der Waals surface area contributed by atoms with Gasteiger partial charge in [-0.25, -0.2) is 8.42 Å². The third-order valence-electron chi connectivity index (χ3n) is 3.63. The Labute approximate surface area is 123 Å². The first-order chi connectivity index (χ1) is 10.0. The van der Waals surface area contributed by atoms with Crippen molar-refractivity contribution in [3.05, 3.63) is 35.7 Å². The molecule has 0 aliphatic carbocycles. The fraction of sp³-hybridized carbons (Fsp3) is 0.429. The van der Waals surface area contributed by atoms with Crippen molar-refractivity contribution >= 4 is 9.84 Å². The van der Waals surface area contributed by atoms with E-state index in [1.165, 1.54) is 0 Å². The van der Waals surface area contributed by atoms with E-state index < -0.39 is 9.84 Å². The largest absolute Gasteiger partial charge is 0.338 e. The van der Waals surface area contributed by atoms with Gasteiger partial charge >= 0.3 is 0 Å². The van der Waals surface area contributed by atoms with Gasteiger partial charge < -0.3 is 9.84 Å². The molecule has 1 N–H and O–H groups in total. The molecule has 0 bridgehead atoms. The summed E-state index contributed by atoms with van der Waals surface area (Å²) in [6.07, 6.45) is 0.640. The number of hydrogen-bond donors (Lipinski definition) is 1. The molecular formula is C14H17N3O3S. The van der Waals surface area contributed by atoms with Gasteiger partial charge in [-0.3, -0.25) is 0 Å². The summed E-state index contributed by atoms with van der Waals surface area (Å²) in [6, 6.07) is 7.80. The Morgan fingerprint density at radius 3 is 2.90 bits per heavy atom. The molecule has 1 aliphatic rings. The van der Waals surface area contributed by atoms with Gasteiger partial charge in [0.15, 0.2) is 9.84 Å². The van der Waals surface area contributed by atoms with Crippen molar-refractivity contribution in [3.8, 4) is 11.4 Å². The minimum atomic E-state index is -2.87. The van der Waals surface area contributed by atoms with E-state index in [2.05, 4.69) is 15.5 Å². The van der Waals surface area contributed by atoms with Crippen LogP contribution in [0.25, 0.3) is 11.4 Å². The van der Waals surface area contributed by atoms with Crippen molar-refractivity contribution in [1.29, 1.82) is 0 Å². The Kier molecular flexibility index (Phi) is 3.77. The topological polar surface area (TPSA) is 85.1 Å². The van der Waals surface area contributed by atoms with Crippen LogP contribution in [0.15, 0.2) is 28.8 Å². The lowest BCUT2D eigenvalue weighted by atomic mass is 10.1. The van der Waals surface area contributed by atoms with Crippen molar-refractivity contribution in [3.63, 3.8) is 0 Å². The summed E-state index contributed by atoms with van der Waals surface area (Å²) in [4.78, 5) is 4.35. The van der Waals surface area contributed by atoms with Gasteiger partial charge in [0.2, 0.25) is 11.7 Å². The average molecular weight is 307 g/mol. The van der Waals surface area contributed by atoms with Crippen molar-refractivity contribution in [2.24, 2.45) is 0 Å². The lowest BCUT2D eigenvalue weighted by Crippen LogP contribution is -2.29. The normalized spacial score (nSPS) is 20.7. The summed E-state index contributed by atoms with van der Waals surface area (Å²) in [5, 5.41) is 7.13. The molecule has 6 nitrogen and oxygen atoms in total. The number of hydrogen-bond acceptors (Lipinski definition) is 6. The minimum Gasteiger partial charge on any atom is -0.338 e. The van der Waals surface area contributed by atoms with Crippen LogP contribution in [-0.2, 0) is 16.4 Å². The number of rotatable bonds is 4. The van der Waals surface area contributed by atoms with Crippen molar-refractivity contribution in [2.45, 2.75) is 25.9 Å². The molecule has 112 valence electrons. The third-order valence-corrected chi connectivity index (χ3v) is 5.40. The van der Waals surface area contributed by atoms with Gasteiger partial charge in [-0.05, 0) is 18.9 Å². The molecule has 2 heterocycles. The monoisotopic (exact) mass is 307 g/mol. The Bertz CT molecular complexity index is 739. The van der Waals surface area contributed by atoms with E-state index in [0.29, 0.717) is 24.7 Å². The summed E-state index contributed by atoms with van der Waals surface area (Å²) in [5.41, 5.74) is 2.02. The first kappa shape index (κ1) is 14.2. The molecule has 1 aromatic carbocycles. The van der Waals surface area contributed by atoms with Crippen LogP contribution in [0.4, 0.5) is 0 Å². The summed E-state index contributed by atoms with van der Waals surface area (Å²) >= 11 is 0. The molecule has 7 heteroatoms. The molecule has 1 atom stereocenters. The van der Waals surface area contributed by atoms with E-state index in [1.54, 1.807) is 0 Å². The summed E-state index contributed by atoms with van der Waals surface area (Å²) in [5.74, 6) is 1.47. The van der Waals surface area contributed by atoms with Crippen molar-refractivity contribution < 1.29 is 12.9 Å². The summed E-state index contributed by atoms with van der Waals surface area (Å²) in [7, 11) is -2.87. The molecule has 3 rings (SSSR count). The molecule has 0 radical (unpaired) electrons. The molecule has 1 fully saturated rings. The number of aryl methyl sites for hydroxylation is 1. The van der Waals surface area contributed by atoms with Crippen LogP contribution >= 0.6 is 0 Å². The van der Waals surface area contributed by atoms with Crippen molar-refractivity contribution in [2.75, 3.05) is 11.5 Å². The van der Waals surface area contributed by atoms with Crippen LogP contribution in [-0.4, -0.2) is 36.1 Å². The van der Waals surface area contributed by atoms with Crippen LogP contribution in [0, 0.1) is 6.92 Å². The third kappa shape index (κ3) is 3.30. The Hall–Kier alpha value is -1.73. The van der Waals surface area contributed by atoms with E-state index in [4.69, 9.17) is 4.52 Å². The smallest absolute Gasteiger partial charge is 0.240 e. The Balaban J connectivity index is 1.65. The van der Waals surface area contributed by atoms with Gasteiger partial charge in [-0.15, -0.1) is 0 Å².